The van der Waals surface area contributed by atoms with E-state index in [1.54, 1.807) is 12.1 Å². The number of hydrogen-bond donors (Lipinski definition) is 1. The number of hydroxylamine groups is 1. The van der Waals surface area contributed by atoms with E-state index in [1.807, 2.05) is 30.3 Å². The number of hydrogen-bond acceptors (Lipinski definition) is 6. The Morgan fingerprint density at radius 1 is 0.969 bits per heavy atom. The molecule has 2 aliphatic rings. The number of piperidine rings is 1. The molecule has 4 rings (SSSR count). The summed E-state index contributed by atoms with van der Waals surface area (Å²) in [6.45, 7) is 3.23. The fourth-order valence-electron chi connectivity index (χ4n) is 4.02. The van der Waals surface area contributed by atoms with Crippen molar-refractivity contribution in [3.05, 3.63) is 59.7 Å². The number of amides is 1. The molecule has 0 aromatic heterocycles. The number of sulfonamides is 1. The molecule has 0 saturated carbocycles. The maximum Gasteiger partial charge on any atom is 0.276 e. The van der Waals surface area contributed by atoms with Crippen LogP contribution < -0.4 is 10.4 Å². The van der Waals surface area contributed by atoms with E-state index in [4.69, 9.17) is 9.57 Å². The van der Waals surface area contributed by atoms with Gasteiger partial charge in [-0.15, -0.1) is 0 Å². The number of carbonyl (C=O) groups is 1. The Labute approximate surface area is 189 Å². The second kappa shape index (κ2) is 10.4. The van der Waals surface area contributed by atoms with Crippen molar-refractivity contribution in [1.82, 2.24) is 9.79 Å². The van der Waals surface area contributed by atoms with Gasteiger partial charge in [-0.1, -0.05) is 30.3 Å². The standard InChI is InChI=1S/C23H29N3O5S/c27-23(24-31-18-19-7-3-1-4-8-19)21-17-20(32(28,29)26-13-15-30-16-14-26)9-10-22(21)25-11-5-2-6-12-25/h1,3-4,7-10,17H,2,5-6,11-16,18H2,(H,24,27). The molecule has 32 heavy (non-hydrogen) atoms. The highest BCUT2D eigenvalue weighted by molar-refractivity contribution is 7.89. The average molecular weight is 460 g/mol. The minimum Gasteiger partial charge on any atom is -0.379 e. The van der Waals surface area contributed by atoms with Gasteiger partial charge in [0.25, 0.3) is 5.91 Å². The number of rotatable bonds is 7. The summed E-state index contributed by atoms with van der Waals surface area (Å²) in [7, 11) is -3.72. The smallest absolute Gasteiger partial charge is 0.276 e. The van der Waals surface area contributed by atoms with E-state index in [9.17, 15) is 13.2 Å². The van der Waals surface area contributed by atoms with E-state index in [2.05, 4.69) is 10.4 Å². The SMILES string of the molecule is O=C(NOCc1ccccc1)c1cc(S(=O)(=O)N2CCOCC2)ccc1N1CCCCC1. The first-order chi connectivity index (χ1) is 15.6. The third-order valence-electron chi connectivity index (χ3n) is 5.76. The number of nitrogens with one attached hydrogen (secondary N) is 1. The van der Waals surface area contributed by atoms with Gasteiger partial charge in [0.05, 0.1) is 30.3 Å². The molecule has 2 saturated heterocycles. The Kier molecular flexibility index (Phi) is 7.41. The third kappa shape index (κ3) is 5.29. The van der Waals surface area contributed by atoms with Crippen LogP contribution in [0.3, 0.4) is 0 Å². The minimum absolute atomic E-state index is 0.105. The maximum absolute atomic E-state index is 13.1. The number of benzene rings is 2. The van der Waals surface area contributed by atoms with Crippen LogP contribution in [0.1, 0.15) is 35.2 Å². The highest BCUT2D eigenvalue weighted by Gasteiger charge is 2.29. The number of ether oxygens (including phenoxy) is 1. The molecular weight excluding hydrogens is 430 g/mol. The van der Waals surface area contributed by atoms with Gasteiger partial charge in [-0.25, -0.2) is 13.9 Å². The van der Waals surface area contributed by atoms with Crippen molar-refractivity contribution < 1.29 is 22.8 Å². The first-order valence-corrected chi connectivity index (χ1v) is 12.4. The Morgan fingerprint density at radius 3 is 2.41 bits per heavy atom. The molecule has 2 heterocycles. The lowest BCUT2D eigenvalue weighted by Crippen LogP contribution is -2.40. The molecule has 2 aliphatic heterocycles. The summed E-state index contributed by atoms with van der Waals surface area (Å²) >= 11 is 0. The number of carbonyl (C=O) groups excluding carboxylic acids is 1. The van der Waals surface area contributed by atoms with Gasteiger partial charge in [0, 0.05) is 31.9 Å². The van der Waals surface area contributed by atoms with Gasteiger partial charge >= 0.3 is 0 Å². The molecule has 9 heteroatoms. The van der Waals surface area contributed by atoms with Crippen LogP contribution in [-0.2, 0) is 26.2 Å². The molecular formula is C23H29N3O5S. The second-order valence-corrected chi connectivity index (χ2v) is 9.89. The van der Waals surface area contributed by atoms with Crippen LogP contribution in [0, 0.1) is 0 Å². The van der Waals surface area contributed by atoms with E-state index in [-0.39, 0.29) is 11.5 Å². The average Bonchev–Trinajstić information content (AvgIpc) is 2.85. The number of morpholine rings is 1. The predicted octanol–water partition coefficient (Wildman–Crippen LogP) is 2.56. The summed E-state index contributed by atoms with van der Waals surface area (Å²) in [6, 6.07) is 14.3. The minimum atomic E-state index is -3.72. The highest BCUT2D eigenvalue weighted by Crippen LogP contribution is 2.28. The summed E-state index contributed by atoms with van der Waals surface area (Å²) in [4.78, 5) is 20.7. The summed E-state index contributed by atoms with van der Waals surface area (Å²) in [5.41, 5.74) is 4.44. The van der Waals surface area contributed by atoms with Crippen molar-refractivity contribution >= 4 is 21.6 Å². The molecule has 1 amide bonds. The Bertz CT molecular complexity index is 1020. The van der Waals surface area contributed by atoms with Crippen molar-refractivity contribution in [1.29, 1.82) is 0 Å². The van der Waals surface area contributed by atoms with Crippen LogP contribution in [0.5, 0.6) is 0 Å². The molecule has 0 unspecified atom stereocenters. The van der Waals surface area contributed by atoms with Crippen LogP contribution >= 0.6 is 0 Å². The van der Waals surface area contributed by atoms with E-state index in [0.717, 1.165) is 43.6 Å². The van der Waals surface area contributed by atoms with Gasteiger partial charge in [0.2, 0.25) is 10.0 Å². The number of nitrogens with zero attached hydrogens (tertiary/aromatic N) is 2. The second-order valence-electron chi connectivity index (χ2n) is 7.95. The number of anilines is 1. The van der Waals surface area contributed by atoms with Crippen molar-refractivity contribution in [2.45, 2.75) is 30.8 Å². The quantitative estimate of drug-likeness (QED) is 0.641. The van der Waals surface area contributed by atoms with Gasteiger partial charge in [-0.2, -0.15) is 4.31 Å². The van der Waals surface area contributed by atoms with Crippen LogP contribution in [0.25, 0.3) is 0 Å². The molecule has 1 N–H and O–H groups in total. The van der Waals surface area contributed by atoms with Crippen molar-refractivity contribution in [2.75, 3.05) is 44.3 Å². The lowest BCUT2D eigenvalue weighted by atomic mass is 10.1. The Morgan fingerprint density at radius 2 is 1.69 bits per heavy atom. The topological polar surface area (TPSA) is 88.2 Å². The molecule has 0 atom stereocenters. The fraction of sp³-hybridized carbons (Fsp3) is 0.435. The summed E-state index contributed by atoms with van der Waals surface area (Å²) in [5, 5.41) is 0. The van der Waals surface area contributed by atoms with E-state index in [0.29, 0.717) is 31.9 Å². The van der Waals surface area contributed by atoms with Crippen LogP contribution in [0.15, 0.2) is 53.4 Å². The van der Waals surface area contributed by atoms with Crippen LogP contribution in [0.4, 0.5) is 5.69 Å². The molecule has 0 radical (unpaired) electrons. The largest absolute Gasteiger partial charge is 0.379 e. The molecule has 2 fully saturated rings. The summed E-state index contributed by atoms with van der Waals surface area (Å²) < 4.78 is 33.0. The molecule has 0 spiro atoms. The summed E-state index contributed by atoms with van der Waals surface area (Å²) in [5.74, 6) is -0.458. The van der Waals surface area contributed by atoms with Gasteiger partial charge in [-0.3, -0.25) is 9.63 Å². The molecule has 2 aromatic rings. The van der Waals surface area contributed by atoms with E-state index < -0.39 is 15.9 Å². The molecule has 2 aromatic carbocycles. The highest BCUT2D eigenvalue weighted by atomic mass is 32.2. The van der Waals surface area contributed by atoms with Gasteiger partial charge in [-0.05, 0) is 43.0 Å². The van der Waals surface area contributed by atoms with Crippen LogP contribution in [0.2, 0.25) is 0 Å². The zero-order valence-corrected chi connectivity index (χ0v) is 18.9. The maximum atomic E-state index is 13.1. The zero-order valence-electron chi connectivity index (χ0n) is 18.0. The summed E-state index contributed by atoms with van der Waals surface area (Å²) in [6.07, 6.45) is 3.24. The van der Waals surface area contributed by atoms with Gasteiger partial charge in [0.15, 0.2) is 0 Å². The monoisotopic (exact) mass is 459 g/mol. The molecule has 0 aliphatic carbocycles. The molecule has 0 bridgehead atoms. The molecule has 172 valence electrons. The first-order valence-electron chi connectivity index (χ1n) is 11.0. The Hall–Kier alpha value is -2.46. The lowest BCUT2D eigenvalue weighted by Gasteiger charge is -2.31. The predicted molar refractivity (Wildman–Crippen MR) is 121 cm³/mol. The fourth-order valence-corrected chi connectivity index (χ4v) is 5.45. The zero-order chi connectivity index (χ0) is 22.4. The first kappa shape index (κ1) is 22.7. The van der Waals surface area contributed by atoms with Crippen molar-refractivity contribution in [3.63, 3.8) is 0 Å². The van der Waals surface area contributed by atoms with Crippen LogP contribution in [-0.4, -0.2) is 58.0 Å². The van der Waals surface area contributed by atoms with E-state index in [1.165, 1.54) is 10.4 Å². The molecule has 8 nitrogen and oxygen atoms in total. The van der Waals surface area contributed by atoms with Crippen molar-refractivity contribution in [3.8, 4) is 0 Å². The Balaban J connectivity index is 1.57. The van der Waals surface area contributed by atoms with E-state index >= 15 is 0 Å². The van der Waals surface area contributed by atoms with Gasteiger partial charge in [0.1, 0.15) is 0 Å². The lowest BCUT2D eigenvalue weighted by molar-refractivity contribution is 0.0233. The van der Waals surface area contributed by atoms with Gasteiger partial charge < -0.3 is 9.64 Å². The van der Waals surface area contributed by atoms with Crippen molar-refractivity contribution in [2.24, 2.45) is 0 Å². The third-order valence-corrected chi connectivity index (χ3v) is 7.66. The normalized spacial score (nSPS) is 17.8.